The maximum Gasteiger partial charge on any atom is 0.165 e. The number of nitrogens with one attached hydrogen (secondary N) is 1. The first-order valence-corrected chi connectivity index (χ1v) is 7.28. The maximum atomic E-state index is 6.05. The third-order valence-electron chi connectivity index (χ3n) is 3.35. The van der Waals surface area contributed by atoms with Gasteiger partial charge in [-0.3, -0.25) is 0 Å². The molecule has 1 aromatic carbocycles. The van der Waals surface area contributed by atoms with Crippen molar-refractivity contribution in [2.24, 2.45) is 5.92 Å². The standard InChI is InChI=1S/C16H27NO2/c1-5-13(6-2)12-19-16-14(11-17-4)9-8-10-15(16)18-7-3/h8-10,13,17H,5-7,11-12H2,1-4H3. The molecule has 0 aliphatic carbocycles. The molecule has 3 nitrogen and oxygen atoms in total. The number of para-hydroxylation sites is 1. The summed E-state index contributed by atoms with van der Waals surface area (Å²) in [6, 6.07) is 6.08. The van der Waals surface area contributed by atoms with Crippen molar-refractivity contribution in [1.29, 1.82) is 0 Å². The molecular formula is C16H27NO2. The first-order valence-electron chi connectivity index (χ1n) is 7.28. The van der Waals surface area contributed by atoms with Gasteiger partial charge in [-0.1, -0.05) is 38.8 Å². The molecule has 0 saturated heterocycles. The van der Waals surface area contributed by atoms with Gasteiger partial charge in [-0.25, -0.2) is 0 Å². The van der Waals surface area contributed by atoms with Crippen LogP contribution in [-0.2, 0) is 6.54 Å². The summed E-state index contributed by atoms with van der Waals surface area (Å²) in [6.07, 6.45) is 2.29. The lowest BCUT2D eigenvalue weighted by atomic mass is 10.1. The predicted octanol–water partition coefficient (Wildman–Crippen LogP) is 3.62. The highest BCUT2D eigenvalue weighted by atomic mass is 16.5. The van der Waals surface area contributed by atoms with Crippen molar-refractivity contribution >= 4 is 0 Å². The van der Waals surface area contributed by atoms with Gasteiger partial charge in [-0.05, 0) is 26.0 Å². The highest BCUT2D eigenvalue weighted by molar-refractivity contribution is 5.46. The Labute approximate surface area is 117 Å². The first kappa shape index (κ1) is 15.8. The quantitative estimate of drug-likeness (QED) is 0.739. The molecule has 0 heterocycles. The molecule has 1 aromatic rings. The Morgan fingerprint density at radius 1 is 1.11 bits per heavy atom. The molecule has 0 unspecified atom stereocenters. The molecule has 0 fully saturated rings. The summed E-state index contributed by atoms with van der Waals surface area (Å²) < 4.78 is 11.7. The molecule has 0 spiro atoms. The number of benzene rings is 1. The van der Waals surface area contributed by atoms with E-state index < -0.39 is 0 Å². The molecule has 0 aliphatic heterocycles. The summed E-state index contributed by atoms with van der Waals surface area (Å²) in [6.45, 7) is 8.62. The van der Waals surface area contributed by atoms with Gasteiger partial charge in [0.25, 0.3) is 0 Å². The van der Waals surface area contributed by atoms with Crippen molar-refractivity contribution in [3.05, 3.63) is 23.8 Å². The number of rotatable bonds is 9. The second kappa shape index (κ2) is 8.81. The van der Waals surface area contributed by atoms with Crippen LogP contribution in [0.25, 0.3) is 0 Å². The van der Waals surface area contributed by atoms with Crippen LogP contribution in [0.4, 0.5) is 0 Å². The molecule has 0 aromatic heterocycles. The lowest BCUT2D eigenvalue weighted by Gasteiger charge is -2.19. The monoisotopic (exact) mass is 265 g/mol. The van der Waals surface area contributed by atoms with Crippen molar-refractivity contribution < 1.29 is 9.47 Å². The van der Waals surface area contributed by atoms with Crippen LogP contribution in [0.15, 0.2) is 18.2 Å². The van der Waals surface area contributed by atoms with Gasteiger partial charge in [0, 0.05) is 12.1 Å². The summed E-state index contributed by atoms with van der Waals surface area (Å²) in [5.41, 5.74) is 1.15. The molecule has 0 atom stereocenters. The van der Waals surface area contributed by atoms with Gasteiger partial charge in [0.15, 0.2) is 11.5 Å². The van der Waals surface area contributed by atoms with Crippen LogP contribution >= 0.6 is 0 Å². The molecule has 19 heavy (non-hydrogen) atoms. The van der Waals surface area contributed by atoms with E-state index in [1.807, 2.05) is 26.1 Å². The topological polar surface area (TPSA) is 30.5 Å². The lowest BCUT2D eigenvalue weighted by Crippen LogP contribution is -2.14. The Kier molecular flexibility index (Phi) is 7.34. The van der Waals surface area contributed by atoms with Crippen LogP contribution in [0.1, 0.15) is 39.2 Å². The van der Waals surface area contributed by atoms with Gasteiger partial charge < -0.3 is 14.8 Å². The van der Waals surface area contributed by atoms with E-state index in [1.54, 1.807) is 0 Å². The highest BCUT2D eigenvalue weighted by Gasteiger charge is 2.12. The van der Waals surface area contributed by atoms with E-state index in [1.165, 1.54) is 0 Å². The summed E-state index contributed by atoms with van der Waals surface area (Å²) in [4.78, 5) is 0. The second-order valence-corrected chi connectivity index (χ2v) is 4.70. The molecular weight excluding hydrogens is 238 g/mol. The van der Waals surface area contributed by atoms with Crippen LogP contribution < -0.4 is 14.8 Å². The van der Waals surface area contributed by atoms with Crippen LogP contribution in [0.5, 0.6) is 11.5 Å². The van der Waals surface area contributed by atoms with E-state index in [2.05, 4.69) is 25.2 Å². The fourth-order valence-corrected chi connectivity index (χ4v) is 2.05. The molecule has 1 N–H and O–H groups in total. The van der Waals surface area contributed by atoms with Gasteiger partial charge in [-0.15, -0.1) is 0 Å². The summed E-state index contributed by atoms with van der Waals surface area (Å²) >= 11 is 0. The Hall–Kier alpha value is -1.22. The molecule has 0 bridgehead atoms. The zero-order valence-electron chi connectivity index (χ0n) is 12.7. The highest BCUT2D eigenvalue weighted by Crippen LogP contribution is 2.32. The normalized spacial score (nSPS) is 10.8. The molecule has 0 aliphatic rings. The third-order valence-corrected chi connectivity index (χ3v) is 3.35. The van der Waals surface area contributed by atoms with Crippen molar-refractivity contribution in [2.45, 2.75) is 40.2 Å². The predicted molar refractivity (Wildman–Crippen MR) is 79.9 cm³/mol. The minimum Gasteiger partial charge on any atom is -0.490 e. The largest absolute Gasteiger partial charge is 0.490 e. The lowest BCUT2D eigenvalue weighted by molar-refractivity contribution is 0.223. The Morgan fingerprint density at radius 2 is 1.84 bits per heavy atom. The summed E-state index contributed by atoms with van der Waals surface area (Å²) in [5.74, 6) is 2.35. The molecule has 1 rings (SSSR count). The fourth-order valence-electron chi connectivity index (χ4n) is 2.05. The van der Waals surface area contributed by atoms with Crippen LogP contribution in [0, 0.1) is 5.92 Å². The van der Waals surface area contributed by atoms with Gasteiger partial charge in [-0.2, -0.15) is 0 Å². The van der Waals surface area contributed by atoms with Crippen molar-refractivity contribution in [2.75, 3.05) is 20.3 Å². The van der Waals surface area contributed by atoms with E-state index >= 15 is 0 Å². The van der Waals surface area contributed by atoms with Gasteiger partial charge >= 0.3 is 0 Å². The number of hydrogen-bond acceptors (Lipinski definition) is 3. The third kappa shape index (κ3) is 4.75. The second-order valence-electron chi connectivity index (χ2n) is 4.70. The average molecular weight is 265 g/mol. The van der Waals surface area contributed by atoms with Gasteiger partial charge in [0.05, 0.1) is 13.2 Å². The van der Waals surface area contributed by atoms with E-state index in [-0.39, 0.29) is 0 Å². The molecule has 108 valence electrons. The SMILES string of the molecule is CCOc1cccc(CNC)c1OCC(CC)CC. The Bertz CT molecular complexity index is 338. The van der Waals surface area contributed by atoms with E-state index in [0.717, 1.165) is 43.1 Å². The summed E-state index contributed by atoms with van der Waals surface area (Å²) in [7, 11) is 1.94. The van der Waals surface area contributed by atoms with Gasteiger partial charge in [0.1, 0.15) is 0 Å². The van der Waals surface area contributed by atoms with E-state index in [0.29, 0.717) is 12.5 Å². The Morgan fingerprint density at radius 3 is 2.42 bits per heavy atom. The zero-order chi connectivity index (χ0) is 14.1. The maximum absolute atomic E-state index is 6.05. The number of hydrogen-bond donors (Lipinski definition) is 1. The first-order chi connectivity index (χ1) is 9.26. The number of ether oxygens (including phenoxy) is 2. The summed E-state index contributed by atoms with van der Waals surface area (Å²) in [5, 5.41) is 3.17. The van der Waals surface area contributed by atoms with Crippen molar-refractivity contribution in [1.82, 2.24) is 5.32 Å². The fraction of sp³-hybridized carbons (Fsp3) is 0.625. The zero-order valence-corrected chi connectivity index (χ0v) is 12.7. The van der Waals surface area contributed by atoms with E-state index in [4.69, 9.17) is 9.47 Å². The molecule has 0 radical (unpaired) electrons. The van der Waals surface area contributed by atoms with Gasteiger partial charge in [0.2, 0.25) is 0 Å². The molecule has 3 heteroatoms. The molecule has 0 saturated carbocycles. The van der Waals surface area contributed by atoms with Crippen LogP contribution in [0.2, 0.25) is 0 Å². The minimum atomic E-state index is 0.608. The van der Waals surface area contributed by atoms with Crippen LogP contribution in [0.3, 0.4) is 0 Å². The van der Waals surface area contributed by atoms with Crippen LogP contribution in [-0.4, -0.2) is 20.3 Å². The smallest absolute Gasteiger partial charge is 0.165 e. The van der Waals surface area contributed by atoms with E-state index in [9.17, 15) is 0 Å². The Balaban J connectivity index is 2.86. The molecule has 0 amide bonds. The average Bonchev–Trinajstić information content (AvgIpc) is 2.43. The minimum absolute atomic E-state index is 0.608. The van der Waals surface area contributed by atoms with Crippen molar-refractivity contribution in [3.63, 3.8) is 0 Å². The van der Waals surface area contributed by atoms with Crippen molar-refractivity contribution in [3.8, 4) is 11.5 Å².